The van der Waals surface area contributed by atoms with Crippen LogP contribution in [0.25, 0.3) is 32.8 Å². The molecule has 0 saturated carbocycles. The van der Waals surface area contributed by atoms with E-state index in [1.54, 1.807) is 11.8 Å². The van der Waals surface area contributed by atoms with Gasteiger partial charge in [-0.1, -0.05) is 53.5 Å². The minimum absolute atomic E-state index is 0.0255. The number of hydrogen-bond acceptors (Lipinski definition) is 9. The van der Waals surface area contributed by atoms with E-state index >= 15 is 13.2 Å². The molecule has 3 saturated heterocycles. The molecule has 62 heavy (non-hydrogen) atoms. The highest BCUT2D eigenvalue weighted by Gasteiger charge is 2.50. The maximum atomic E-state index is 17.6. The molecular weight excluding hydrogens is 858 g/mol. The van der Waals surface area contributed by atoms with Gasteiger partial charge in [-0.3, -0.25) is 4.90 Å². The molecule has 3 fully saturated rings. The molecule has 1 N–H and O–H groups in total. The van der Waals surface area contributed by atoms with Gasteiger partial charge in [0.2, 0.25) is 0 Å². The highest BCUT2D eigenvalue weighted by atomic mass is 32.2. The summed E-state index contributed by atoms with van der Waals surface area (Å²) >= 11 is 0. The molecule has 3 aromatic carbocycles. The van der Waals surface area contributed by atoms with Crippen molar-refractivity contribution in [1.82, 2.24) is 14.9 Å². The Labute approximate surface area is 358 Å². The first-order valence-electron chi connectivity index (χ1n) is 20.9. The van der Waals surface area contributed by atoms with Gasteiger partial charge in [-0.05, 0) is 85.4 Å². The molecule has 3 aliphatic rings. The Hall–Kier alpha value is -4.18. The fourth-order valence-electron chi connectivity index (χ4n) is 10.3. The molecule has 4 heterocycles. The molecule has 3 aliphatic heterocycles. The highest BCUT2D eigenvalue weighted by molar-refractivity contribution is 7.88. The number of aromatic nitrogens is 2. The smallest absolute Gasteiger partial charge is 0.461 e. The van der Waals surface area contributed by atoms with Crippen LogP contribution < -0.4 is 13.8 Å². The monoisotopic (exact) mass is 908 g/mol. The largest absolute Gasteiger partial charge is 0.534 e. The molecule has 0 unspecified atom stereocenters. The summed E-state index contributed by atoms with van der Waals surface area (Å²) in [4.78, 5) is 12.6. The normalized spacial score (nSPS) is 22.5. The van der Waals surface area contributed by atoms with Gasteiger partial charge in [0.15, 0.2) is 5.82 Å². The van der Waals surface area contributed by atoms with Crippen molar-refractivity contribution in [3.8, 4) is 34.4 Å². The van der Waals surface area contributed by atoms with Crippen molar-refractivity contribution in [2.75, 3.05) is 37.7 Å². The zero-order valence-corrected chi connectivity index (χ0v) is 37.5. The quantitative estimate of drug-likeness (QED) is 0.0548. The third-order valence-electron chi connectivity index (χ3n) is 13.1. The van der Waals surface area contributed by atoms with E-state index in [0.29, 0.717) is 38.4 Å². The number of nitrogens with zero attached hydrogens (tertiary/aromatic N) is 4. The van der Waals surface area contributed by atoms with E-state index in [-0.39, 0.29) is 76.3 Å². The molecule has 336 valence electrons. The number of hydrogen-bond donors (Lipinski definition) is 1. The van der Waals surface area contributed by atoms with Crippen LogP contribution in [0.4, 0.5) is 36.6 Å². The standard InChI is InChI=1S/C44H51F7N4O5SSi/c1-25(2)62(26(3)4,27(5)6)17-12-31-34(46)11-10-28-18-30(60-61(57,58)44(49,50)51)19-32(36(28)31)37-35(47)20-33-39(38(37)48)52-41(53-40(33)54-15-8-13-42(7,56)23-54)59-24-43-14-9-16-55(43)22-29(45)21-43/h10-11,18-20,25-27,29,56H,8-9,13-16,21-24H2,1-7H3/t29-,42-,43+/m1/s1. The summed E-state index contributed by atoms with van der Waals surface area (Å²) in [5.41, 5.74) is -6.26. The van der Waals surface area contributed by atoms with Crippen molar-refractivity contribution in [3.63, 3.8) is 0 Å². The number of halogens is 7. The van der Waals surface area contributed by atoms with E-state index in [0.717, 1.165) is 30.7 Å². The summed E-state index contributed by atoms with van der Waals surface area (Å²) in [6, 6.07) is 4.35. The summed E-state index contributed by atoms with van der Waals surface area (Å²) in [6.45, 7) is 15.0. The van der Waals surface area contributed by atoms with Crippen molar-refractivity contribution >= 4 is 45.7 Å². The maximum Gasteiger partial charge on any atom is 0.534 e. The molecule has 1 aromatic heterocycles. The van der Waals surface area contributed by atoms with Gasteiger partial charge < -0.3 is 18.9 Å². The number of aliphatic hydroxyl groups is 1. The zero-order valence-electron chi connectivity index (χ0n) is 35.7. The van der Waals surface area contributed by atoms with Crippen LogP contribution in [0.2, 0.25) is 16.6 Å². The summed E-state index contributed by atoms with van der Waals surface area (Å²) < 4.78 is 142. The number of ether oxygens (including phenoxy) is 1. The van der Waals surface area contributed by atoms with Crippen molar-refractivity contribution in [1.29, 1.82) is 0 Å². The molecule has 0 bridgehead atoms. The number of β-amino-alcohol motifs (C(OH)–C–C–N with tert-alkyl or cyclic N) is 1. The predicted molar refractivity (Wildman–Crippen MR) is 226 cm³/mol. The SMILES string of the molecule is CC(C)[Si](C#Cc1c(F)ccc2cc(OS(=O)(=O)C(F)(F)F)cc(-c3c(F)cc4c(N5CCC[C@@](C)(O)C5)nc(OC[C@@]56CCCN5C[C@H](F)C6)nc4c3F)c12)(C(C)C)C(C)C. The predicted octanol–water partition coefficient (Wildman–Crippen LogP) is 9.97. The van der Waals surface area contributed by atoms with Crippen molar-refractivity contribution in [3.05, 3.63) is 53.3 Å². The van der Waals surface area contributed by atoms with E-state index in [2.05, 4.69) is 25.6 Å². The first-order valence-corrected chi connectivity index (χ1v) is 24.5. The highest BCUT2D eigenvalue weighted by Crippen LogP contribution is 2.45. The average Bonchev–Trinajstić information content (AvgIpc) is 3.69. The third-order valence-corrected chi connectivity index (χ3v) is 20.4. The molecule has 0 aliphatic carbocycles. The van der Waals surface area contributed by atoms with Gasteiger partial charge in [0.1, 0.15) is 49.6 Å². The van der Waals surface area contributed by atoms with Gasteiger partial charge in [-0.15, -0.1) is 5.54 Å². The number of alkyl halides is 4. The summed E-state index contributed by atoms with van der Waals surface area (Å²) in [5.74, 6) is -1.43. The zero-order chi connectivity index (χ0) is 45.3. The Bertz CT molecular complexity index is 2560. The lowest BCUT2D eigenvalue weighted by Gasteiger charge is -2.38. The van der Waals surface area contributed by atoms with Crippen LogP contribution in [0.15, 0.2) is 30.3 Å². The fraction of sp³-hybridized carbons (Fsp3) is 0.545. The van der Waals surface area contributed by atoms with Gasteiger partial charge in [0, 0.05) is 42.4 Å². The van der Waals surface area contributed by atoms with Crippen LogP contribution in [-0.2, 0) is 10.1 Å². The molecular formula is C44H51F7N4O5SSi. The number of fused-ring (bicyclic) bond motifs is 3. The molecule has 7 rings (SSSR count). The van der Waals surface area contributed by atoms with Crippen LogP contribution in [0, 0.1) is 28.9 Å². The second-order valence-electron chi connectivity index (χ2n) is 18.3. The first-order chi connectivity index (χ1) is 28.9. The van der Waals surface area contributed by atoms with E-state index in [1.165, 1.54) is 0 Å². The number of piperidine rings is 1. The van der Waals surface area contributed by atoms with Gasteiger partial charge >= 0.3 is 21.6 Å². The number of anilines is 1. The van der Waals surface area contributed by atoms with Crippen LogP contribution in [0.1, 0.15) is 86.1 Å². The van der Waals surface area contributed by atoms with E-state index in [1.807, 2.05) is 46.4 Å². The van der Waals surface area contributed by atoms with Crippen molar-refractivity contribution < 1.29 is 53.2 Å². The van der Waals surface area contributed by atoms with Gasteiger partial charge in [0.05, 0.1) is 22.3 Å². The van der Waals surface area contributed by atoms with Crippen LogP contribution >= 0.6 is 0 Å². The molecule has 4 aromatic rings. The first kappa shape index (κ1) is 45.8. The Kier molecular flexibility index (Phi) is 12.1. The van der Waals surface area contributed by atoms with Gasteiger partial charge in [0.25, 0.3) is 0 Å². The molecule has 9 nitrogen and oxygen atoms in total. The summed E-state index contributed by atoms with van der Waals surface area (Å²) in [5, 5.41) is 10.6. The van der Waals surface area contributed by atoms with Crippen LogP contribution in [0.3, 0.4) is 0 Å². The van der Waals surface area contributed by atoms with Crippen molar-refractivity contribution in [2.45, 2.75) is 120 Å². The lowest BCUT2D eigenvalue weighted by atomic mass is 9.92. The van der Waals surface area contributed by atoms with E-state index in [4.69, 9.17) is 4.74 Å². The summed E-state index contributed by atoms with van der Waals surface area (Å²) in [6.07, 6.45) is 1.52. The van der Waals surface area contributed by atoms with Crippen molar-refractivity contribution in [2.24, 2.45) is 0 Å². The van der Waals surface area contributed by atoms with Gasteiger partial charge in [-0.25, -0.2) is 17.6 Å². The Morgan fingerprint density at radius 1 is 0.968 bits per heavy atom. The molecule has 0 radical (unpaired) electrons. The lowest BCUT2D eigenvalue weighted by Crippen LogP contribution is -2.46. The van der Waals surface area contributed by atoms with Gasteiger partial charge in [-0.2, -0.15) is 31.6 Å². The average molecular weight is 909 g/mol. The van der Waals surface area contributed by atoms with E-state index in [9.17, 15) is 31.1 Å². The molecule has 0 spiro atoms. The van der Waals surface area contributed by atoms with Crippen LogP contribution in [0.5, 0.6) is 11.8 Å². The molecule has 3 atom stereocenters. The molecule has 18 heteroatoms. The third kappa shape index (κ3) is 8.22. The second kappa shape index (κ2) is 16.4. The fourth-order valence-corrected chi connectivity index (χ4v) is 16.0. The van der Waals surface area contributed by atoms with Crippen LogP contribution in [-0.4, -0.2) is 92.1 Å². The Balaban J connectivity index is 1.50. The molecule has 0 amide bonds. The van der Waals surface area contributed by atoms with E-state index < -0.39 is 80.9 Å². The topological polar surface area (TPSA) is 105 Å². The number of rotatable bonds is 10. The maximum absolute atomic E-state index is 17.6. The Morgan fingerprint density at radius 2 is 1.65 bits per heavy atom. The number of benzene rings is 3. The second-order valence-corrected chi connectivity index (χ2v) is 25.4. The lowest BCUT2D eigenvalue weighted by molar-refractivity contribution is -0.0500. The Morgan fingerprint density at radius 3 is 2.29 bits per heavy atom. The summed E-state index contributed by atoms with van der Waals surface area (Å²) in [7, 11) is -8.87. The minimum atomic E-state index is -6.28. The minimum Gasteiger partial charge on any atom is -0.461 e.